The molecule has 112 valence electrons. The monoisotopic (exact) mass is 307 g/mol. The van der Waals surface area contributed by atoms with Crippen LogP contribution in [0, 0.1) is 0 Å². The summed E-state index contributed by atoms with van der Waals surface area (Å²) in [6.45, 7) is 3.32. The molecule has 0 aromatic carbocycles. The standard InChI is InChI=1S/C14H18ClN5O/c1-3-6-21-11-5-4-10(7-17-11)8-18-14-12(16-2)13(15)19-9-20-14/h4-5,7,9,16H,3,6,8H2,1-2H3,(H,18,19,20). The van der Waals surface area contributed by atoms with E-state index in [2.05, 4.69) is 32.5 Å². The van der Waals surface area contributed by atoms with Crippen molar-refractivity contribution in [2.24, 2.45) is 0 Å². The summed E-state index contributed by atoms with van der Waals surface area (Å²) in [5.41, 5.74) is 1.70. The Morgan fingerprint density at radius 3 is 2.76 bits per heavy atom. The molecule has 0 radical (unpaired) electrons. The van der Waals surface area contributed by atoms with E-state index in [1.807, 2.05) is 12.1 Å². The van der Waals surface area contributed by atoms with Gasteiger partial charge in [-0.1, -0.05) is 24.6 Å². The highest BCUT2D eigenvalue weighted by Gasteiger charge is 2.07. The summed E-state index contributed by atoms with van der Waals surface area (Å²) in [4.78, 5) is 12.3. The van der Waals surface area contributed by atoms with Crippen LogP contribution in [0.15, 0.2) is 24.7 Å². The second-order valence-electron chi connectivity index (χ2n) is 4.34. The van der Waals surface area contributed by atoms with Crippen molar-refractivity contribution in [2.75, 3.05) is 24.3 Å². The lowest BCUT2D eigenvalue weighted by molar-refractivity contribution is 0.305. The molecule has 6 nitrogen and oxygen atoms in total. The van der Waals surface area contributed by atoms with Crippen molar-refractivity contribution < 1.29 is 4.74 Å². The van der Waals surface area contributed by atoms with Crippen molar-refractivity contribution in [3.8, 4) is 5.88 Å². The number of hydrogen-bond acceptors (Lipinski definition) is 6. The lowest BCUT2D eigenvalue weighted by atomic mass is 10.3. The van der Waals surface area contributed by atoms with Crippen LogP contribution in [0.25, 0.3) is 0 Å². The number of nitrogens with one attached hydrogen (secondary N) is 2. The molecule has 0 saturated heterocycles. The van der Waals surface area contributed by atoms with Gasteiger partial charge in [-0.3, -0.25) is 0 Å². The highest BCUT2D eigenvalue weighted by Crippen LogP contribution is 2.25. The largest absolute Gasteiger partial charge is 0.478 e. The van der Waals surface area contributed by atoms with Gasteiger partial charge in [0.15, 0.2) is 11.0 Å². The van der Waals surface area contributed by atoms with Crippen molar-refractivity contribution in [3.63, 3.8) is 0 Å². The molecule has 0 saturated carbocycles. The first-order chi connectivity index (χ1) is 10.2. The molecule has 0 aliphatic rings. The molecule has 7 heteroatoms. The number of pyridine rings is 1. The first-order valence-corrected chi connectivity index (χ1v) is 7.12. The van der Waals surface area contributed by atoms with Gasteiger partial charge in [-0.25, -0.2) is 15.0 Å². The summed E-state index contributed by atoms with van der Waals surface area (Å²) < 4.78 is 5.45. The predicted molar refractivity (Wildman–Crippen MR) is 83.9 cm³/mol. The van der Waals surface area contributed by atoms with E-state index < -0.39 is 0 Å². The molecular formula is C14H18ClN5O. The molecule has 0 aliphatic heterocycles. The topological polar surface area (TPSA) is 72.0 Å². The van der Waals surface area contributed by atoms with Crippen LogP contribution in [0.3, 0.4) is 0 Å². The van der Waals surface area contributed by atoms with Gasteiger partial charge in [0, 0.05) is 25.9 Å². The highest BCUT2D eigenvalue weighted by molar-refractivity contribution is 6.32. The summed E-state index contributed by atoms with van der Waals surface area (Å²) in [5, 5.41) is 6.57. The Morgan fingerprint density at radius 2 is 2.10 bits per heavy atom. The smallest absolute Gasteiger partial charge is 0.213 e. The number of anilines is 2. The Labute approximate surface area is 128 Å². The molecule has 2 rings (SSSR count). The fourth-order valence-corrected chi connectivity index (χ4v) is 1.94. The second-order valence-corrected chi connectivity index (χ2v) is 4.70. The van der Waals surface area contributed by atoms with Gasteiger partial charge < -0.3 is 15.4 Å². The third kappa shape index (κ3) is 4.19. The van der Waals surface area contributed by atoms with Gasteiger partial charge in [-0.15, -0.1) is 0 Å². The van der Waals surface area contributed by atoms with Gasteiger partial charge in [0.2, 0.25) is 5.88 Å². The van der Waals surface area contributed by atoms with Gasteiger partial charge in [0.05, 0.1) is 6.61 Å². The molecule has 0 aliphatic carbocycles. The second kappa shape index (κ2) is 7.64. The molecule has 0 fully saturated rings. The predicted octanol–water partition coefficient (Wildman–Crippen LogP) is 2.97. The minimum absolute atomic E-state index is 0.386. The summed E-state index contributed by atoms with van der Waals surface area (Å²) in [5.74, 6) is 1.30. The maximum atomic E-state index is 6.00. The van der Waals surface area contributed by atoms with Crippen molar-refractivity contribution in [2.45, 2.75) is 19.9 Å². The summed E-state index contributed by atoms with van der Waals surface area (Å²) in [6, 6.07) is 3.82. The first kappa shape index (κ1) is 15.3. The van der Waals surface area contributed by atoms with Gasteiger partial charge in [-0.05, 0) is 12.0 Å². The zero-order valence-corrected chi connectivity index (χ0v) is 12.8. The van der Waals surface area contributed by atoms with Crippen LogP contribution in [0.5, 0.6) is 5.88 Å². The molecule has 0 bridgehead atoms. The van der Waals surface area contributed by atoms with E-state index in [0.717, 1.165) is 12.0 Å². The van der Waals surface area contributed by atoms with E-state index in [1.54, 1.807) is 13.2 Å². The Balaban J connectivity index is 1.98. The summed E-state index contributed by atoms with van der Waals surface area (Å²) in [6.07, 6.45) is 4.16. The third-order valence-corrected chi connectivity index (χ3v) is 3.05. The normalized spacial score (nSPS) is 10.2. The van der Waals surface area contributed by atoms with Crippen molar-refractivity contribution in [1.29, 1.82) is 0 Å². The van der Waals surface area contributed by atoms with Crippen LogP contribution < -0.4 is 15.4 Å². The van der Waals surface area contributed by atoms with Gasteiger partial charge >= 0.3 is 0 Å². The van der Waals surface area contributed by atoms with Gasteiger partial charge in [-0.2, -0.15) is 0 Å². The van der Waals surface area contributed by atoms with Crippen molar-refractivity contribution in [3.05, 3.63) is 35.4 Å². The van der Waals surface area contributed by atoms with E-state index in [4.69, 9.17) is 16.3 Å². The number of nitrogens with zero attached hydrogens (tertiary/aromatic N) is 3. The average Bonchev–Trinajstić information content (AvgIpc) is 2.52. The van der Waals surface area contributed by atoms with E-state index in [1.165, 1.54) is 6.33 Å². The molecule has 0 unspecified atom stereocenters. The van der Waals surface area contributed by atoms with Gasteiger partial charge in [0.1, 0.15) is 12.0 Å². The zero-order valence-electron chi connectivity index (χ0n) is 12.1. The fraction of sp³-hybridized carbons (Fsp3) is 0.357. The van der Waals surface area contributed by atoms with Crippen LogP contribution in [0.4, 0.5) is 11.5 Å². The minimum Gasteiger partial charge on any atom is -0.478 e. The van der Waals surface area contributed by atoms with Gasteiger partial charge in [0.25, 0.3) is 0 Å². The number of halogens is 1. The molecule has 2 N–H and O–H groups in total. The summed E-state index contributed by atoms with van der Waals surface area (Å²) >= 11 is 6.00. The number of ether oxygens (including phenoxy) is 1. The molecular weight excluding hydrogens is 290 g/mol. The van der Waals surface area contributed by atoms with Crippen molar-refractivity contribution in [1.82, 2.24) is 15.0 Å². The van der Waals surface area contributed by atoms with E-state index in [9.17, 15) is 0 Å². The Bertz CT molecular complexity index is 576. The maximum Gasteiger partial charge on any atom is 0.213 e. The molecule has 0 spiro atoms. The summed E-state index contributed by atoms with van der Waals surface area (Å²) in [7, 11) is 1.77. The van der Waals surface area contributed by atoms with E-state index in [0.29, 0.717) is 35.7 Å². The van der Waals surface area contributed by atoms with Crippen LogP contribution in [0.1, 0.15) is 18.9 Å². The number of hydrogen-bond donors (Lipinski definition) is 2. The molecule has 0 atom stereocenters. The quantitative estimate of drug-likeness (QED) is 0.766. The van der Waals surface area contributed by atoms with Crippen LogP contribution in [-0.2, 0) is 6.54 Å². The maximum absolute atomic E-state index is 6.00. The third-order valence-electron chi connectivity index (χ3n) is 2.76. The van der Waals surface area contributed by atoms with E-state index in [-0.39, 0.29) is 0 Å². The average molecular weight is 308 g/mol. The van der Waals surface area contributed by atoms with Crippen LogP contribution >= 0.6 is 11.6 Å². The van der Waals surface area contributed by atoms with Crippen molar-refractivity contribution >= 4 is 23.1 Å². The SMILES string of the molecule is CCCOc1ccc(CNc2ncnc(Cl)c2NC)cn1. The number of rotatable bonds is 7. The number of aromatic nitrogens is 3. The first-order valence-electron chi connectivity index (χ1n) is 6.74. The highest BCUT2D eigenvalue weighted by atomic mass is 35.5. The lowest BCUT2D eigenvalue weighted by Crippen LogP contribution is -2.06. The molecule has 0 amide bonds. The minimum atomic E-state index is 0.386. The molecule has 2 aromatic rings. The Kier molecular flexibility index (Phi) is 5.57. The molecule has 21 heavy (non-hydrogen) atoms. The van der Waals surface area contributed by atoms with E-state index >= 15 is 0 Å². The van der Waals surface area contributed by atoms with Crippen LogP contribution in [0.2, 0.25) is 5.15 Å². The molecule has 2 heterocycles. The Morgan fingerprint density at radius 1 is 1.24 bits per heavy atom. The Hall–Kier alpha value is -2.08. The van der Waals surface area contributed by atoms with Crippen LogP contribution in [-0.4, -0.2) is 28.6 Å². The molecule has 2 aromatic heterocycles. The fourth-order valence-electron chi connectivity index (χ4n) is 1.71. The lowest BCUT2D eigenvalue weighted by Gasteiger charge is -2.11. The zero-order chi connectivity index (χ0) is 15.1.